The molecule has 3 aromatic carbocycles. The molecule has 0 unspecified atom stereocenters. The van der Waals surface area contributed by atoms with E-state index in [-0.39, 0.29) is 5.75 Å². The van der Waals surface area contributed by atoms with Gasteiger partial charge in [0.15, 0.2) is 0 Å². The number of H-pyrrole nitrogens is 1. The topological polar surface area (TPSA) is 74.8 Å². The van der Waals surface area contributed by atoms with E-state index in [0.29, 0.717) is 5.69 Å². The Balaban J connectivity index is 1.70. The minimum atomic E-state index is -3.31. The van der Waals surface area contributed by atoms with Crippen molar-refractivity contribution in [3.63, 3.8) is 0 Å². The van der Waals surface area contributed by atoms with Gasteiger partial charge in [0, 0.05) is 5.56 Å². The van der Waals surface area contributed by atoms with Crippen LogP contribution in [-0.4, -0.2) is 24.1 Å². The molecule has 4 aromatic rings. The van der Waals surface area contributed by atoms with E-state index in [1.165, 1.54) is 0 Å². The first-order chi connectivity index (χ1) is 13.0. The quantitative estimate of drug-likeness (QED) is 0.531. The number of nitrogens with zero attached hydrogens (tertiary/aromatic N) is 1. The highest BCUT2D eigenvalue weighted by molar-refractivity contribution is 7.92. The van der Waals surface area contributed by atoms with Crippen molar-refractivity contribution in [1.29, 1.82) is 0 Å². The maximum atomic E-state index is 11.8. The van der Waals surface area contributed by atoms with Crippen molar-refractivity contribution in [1.82, 2.24) is 9.97 Å². The lowest BCUT2D eigenvalue weighted by Crippen LogP contribution is -2.14. The number of rotatable bonds is 5. The lowest BCUT2D eigenvalue weighted by atomic mass is 10.0. The molecule has 27 heavy (non-hydrogen) atoms. The largest absolute Gasteiger partial charge is 0.338 e. The Labute approximate surface area is 158 Å². The fourth-order valence-electron chi connectivity index (χ4n) is 2.94. The van der Waals surface area contributed by atoms with Gasteiger partial charge < -0.3 is 4.98 Å². The predicted molar refractivity (Wildman–Crippen MR) is 110 cm³/mol. The summed E-state index contributed by atoms with van der Waals surface area (Å²) in [5, 5.41) is 0. The standard InChI is InChI=1S/C21H19N3O2S/c1-2-27(25,26)24-18-11-12-19-20(14-18)23-21(22-19)17-10-6-9-16(13-17)15-7-4-3-5-8-15/h3-14,24H,2H2,1H3,(H,22,23). The number of aromatic amines is 1. The van der Waals surface area contributed by atoms with Gasteiger partial charge >= 0.3 is 0 Å². The van der Waals surface area contributed by atoms with Crippen LogP contribution in [0.1, 0.15) is 6.92 Å². The first kappa shape index (κ1) is 17.3. The molecule has 0 saturated carbocycles. The Bertz CT molecular complexity index is 1200. The minimum absolute atomic E-state index is 0.0333. The SMILES string of the molecule is CCS(=O)(=O)Nc1ccc2nc(-c3cccc(-c4ccccc4)c3)[nH]c2c1. The van der Waals surface area contributed by atoms with Gasteiger partial charge in [-0.2, -0.15) is 0 Å². The van der Waals surface area contributed by atoms with Crippen molar-refractivity contribution in [3.8, 4) is 22.5 Å². The molecule has 0 fully saturated rings. The number of nitrogens with one attached hydrogen (secondary N) is 2. The monoisotopic (exact) mass is 377 g/mol. The van der Waals surface area contributed by atoms with Crippen molar-refractivity contribution in [2.45, 2.75) is 6.92 Å². The van der Waals surface area contributed by atoms with Crippen LogP contribution in [0.5, 0.6) is 0 Å². The summed E-state index contributed by atoms with van der Waals surface area (Å²) in [6.07, 6.45) is 0. The second kappa shape index (κ2) is 6.89. The van der Waals surface area contributed by atoms with E-state index in [0.717, 1.165) is 33.5 Å². The molecule has 0 spiro atoms. The Morgan fingerprint density at radius 2 is 1.63 bits per heavy atom. The van der Waals surface area contributed by atoms with Crippen LogP contribution in [0, 0.1) is 0 Å². The lowest BCUT2D eigenvalue weighted by Gasteiger charge is -2.05. The van der Waals surface area contributed by atoms with Gasteiger partial charge in [-0.05, 0) is 42.3 Å². The summed E-state index contributed by atoms with van der Waals surface area (Å²) in [7, 11) is -3.31. The van der Waals surface area contributed by atoms with Crippen LogP contribution >= 0.6 is 0 Å². The number of imidazole rings is 1. The molecule has 1 heterocycles. The van der Waals surface area contributed by atoms with E-state index in [2.05, 4.69) is 39.0 Å². The van der Waals surface area contributed by atoms with E-state index in [9.17, 15) is 8.42 Å². The molecule has 0 atom stereocenters. The highest BCUT2D eigenvalue weighted by Crippen LogP contribution is 2.27. The van der Waals surface area contributed by atoms with E-state index in [1.807, 2.05) is 36.4 Å². The number of hydrogen-bond acceptors (Lipinski definition) is 3. The zero-order valence-corrected chi connectivity index (χ0v) is 15.6. The molecule has 0 radical (unpaired) electrons. The van der Waals surface area contributed by atoms with Gasteiger partial charge in [0.1, 0.15) is 5.82 Å². The van der Waals surface area contributed by atoms with Crippen LogP contribution in [-0.2, 0) is 10.0 Å². The summed E-state index contributed by atoms with van der Waals surface area (Å²) in [6, 6.07) is 23.6. The fourth-order valence-corrected chi connectivity index (χ4v) is 3.57. The van der Waals surface area contributed by atoms with Gasteiger partial charge in [-0.3, -0.25) is 4.72 Å². The number of hydrogen-bond donors (Lipinski definition) is 2. The van der Waals surface area contributed by atoms with Gasteiger partial charge in [0.2, 0.25) is 10.0 Å². The zero-order chi connectivity index (χ0) is 18.9. The second-order valence-electron chi connectivity index (χ2n) is 6.27. The lowest BCUT2D eigenvalue weighted by molar-refractivity contribution is 0.602. The molecule has 0 aliphatic carbocycles. The van der Waals surface area contributed by atoms with Gasteiger partial charge in [-0.1, -0.05) is 48.5 Å². The molecular formula is C21H19N3O2S. The van der Waals surface area contributed by atoms with Crippen LogP contribution in [0.2, 0.25) is 0 Å². The first-order valence-electron chi connectivity index (χ1n) is 8.70. The van der Waals surface area contributed by atoms with Crippen molar-refractivity contribution in [2.75, 3.05) is 10.5 Å². The van der Waals surface area contributed by atoms with Crippen LogP contribution in [0.3, 0.4) is 0 Å². The van der Waals surface area contributed by atoms with Gasteiger partial charge in [-0.25, -0.2) is 13.4 Å². The van der Waals surface area contributed by atoms with Crippen molar-refractivity contribution in [2.24, 2.45) is 0 Å². The van der Waals surface area contributed by atoms with E-state index < -0.39 is 10.0 Å². The maximum absolute atomic E-state index is 11.8. The Morgan fingerprint density at radius 1 is 0.889 bits per heavy atom. The summed E-state index contributed by atoms with van der Waals surface area (Å²) >= 11 is 0. The maximum Gasteiger partial charge on any atom is 0.232 e. The van der Waals surface area contributed by atoms with Crippen LogP contribution in [0.4, 0.5) is 5.69 Å². The molecular weight excluding hydrogens is 358 g/mol. The molecule has 6 heteroatoms. The molecule has 2 N–H and O–H groups in total. The van der Waals surface area contributed by atoms with E-state index >= 15 is 0 Å². The number of sulfonamides is 1. The molecule has 0 amide bonds. The summed E-state index contributed by atoms with van der Waals surface area (Å²) in [5.74, 6) is 0.782. The van der Waals surface area contributed by atoms with Gasteiger partial charge in [-0.15, -0.1) is 0 Å². The van der Waals surface area contributed by atoms with E-state index in [1.54, 1.807) is 19.1 Å². The van der Waals surface area contributed by atoms with E-state index in [4.69, 9.17) is 0 Å². The second-order valence-corrected chi connectivity index (χ2v) is 8.28. The Hall–Kier alpha value is -3.12. The average Bonchev–Trinajstić information content (AvgIpc) is 3.12. The summed E-state index contributed by atoms with van der Waals surface area (Å²) in [6.45, 7) is 1.61. The van der Waals surface area contributed by atoms with Crippen LogP contribution in [0.15, 0.2) is 72.8 Å². The average molecular weight is 377 g/mol. The predicted octanol–water partition coefficient (Wildman–Crippen LogP) is 4.66. The smallest absolute Gasteiger partial charge is 0.232 e. The number of anilines is 1. The van der Waals surface area contributed by atoms with Crippen molar-refractivity contribution >= 4 is 26.7 Å². The summed E-state index contributed by atoms with van der Waals surface area (Å²) in [4.78, 5) is 7.93. The van der Waals surface area contributed by atoms with Crippen LogP contribution in [0.25, 0.3) is 33.5 Å². The number of benzene rings is 3. The minimum Gasteiger partial charge on any atom is -0.338 e. The van der Waals surface area contributed by atoms with Crippen LogP contribution < -0.4 is 4.72 Å². The summed E-state index contributed by atoms with van der Waals surface area (Å²) in [5.41, 5.74) is 5.33. The molecule has 5 nitrogen and oxygen atoms in total. The van der Waals surface area contributed by atoms with Gasteiger partial charge in [0.25, 0.3) is 0 Å². The normalized spacial score (nSPS) is 11.6. The molecule has 0 bridgehead atoms. The molecule has 0 aliphatic heterocycles. The van der Waals surface area contributed by atoms with Gasteiger partial charge in [0.05, 0.1) is 22.5 Å². The Morgan fingerprint density at radius 3 is 2.41 bits per heavy atom. The number of fused-ring (bicyclic) bond motifs is 1. The molecule has 1 aromatic heterocycles. The summed E-state index contributed by atoms with van der Waals surface area (Å²) < 4.78 is 26.1. The van der Waals surface area contributed by atoms with Crippen molar-refractivity contribution < 1.29 is 8.42 Å². The molecule has 136 valence electrons. The first-order valence-corrected chi connectivity index (χ1v) is 10.4. The molecule has 4 rings (SSSR count). The highest BCUT2D eigenvalue weighted by Gasteiger charge is 2.10. The fraction of sp³-hybridized carbons (Fsp3) is 0.0952. The highest BCUT2D eigenvalue weighted by atomic mass is 32.2. The molecule has 0 aliphatic rings. The third-order valence-corrected chi connectivity index (χ3v) is 5.69. The van der Waals surface area contributed by atoms with Crippen molar-refractivity contribution in [3.05, 3.63) is 72.8 Å². The number of aromatic nitrogens is 2. The Kier molecular flexibility index (Phi) is 4.41. The third-order valence-electron chi connectivity index (χ3n) is 4.38. The third kappa shape index (κ3) is 3.71. The molecule has 0 saturated heterocycles. The zero-order valence-electron chi connectivity index (χ0n) is 14.8.